The molecule has 7 amide bonds. The minimum atomic E-state index is -1.58. The van der Waals surface area contributed by atoms with Crippen LogP contribution in [0.4, 0.5) is 4.79 Å². The van der Waals surface area contributed by atoms with E-state index in [1.165, 1.54) is 18.7 Å². The number of likely N-dealkylation sites (tertiary alicyclic amines) is 1. The molecule has 0 aromatic carbocycles. The van der Waals surface area contributed by atoms with Crippen molar-refractivity contribution < 1.29 is 33.9 Å². The van der Waals surface area contributed by atoms with E-state index in [2.05, 4.69) is 10.7 Å². The van der Waals surface area contributed by atoms with E-state index < -0.39 is 59.8 Å². The van der Waals surface area contributed by atoms with Crippen LogP contribution < -0.4 is 27.6 Å². The minimum absolute atomic E-state index is 0.0201. The quantitative estimate of drug-likeness (QED) is 0.139. The number of unbranched alkanes of at least 4 members (excludes halogenated alkanes) is 1. The molecule has 0 aromatic rings. The van der Waals surface area contributed by atoms with Crippen molar-refractivity contribution in [3.63, 3.8) is 0 Å². The van der Waals surface area contributed by atoms with Crippen LogP contribution in [0.25, 0.3) is 0 Å². The van der Waals surface area contributed by atoms with Gasteiger partial charge in [-0.05, 0) is 52.5 Å². The van der Waals surface area contributed by atoms with Gasteiger partial charge in [-0.25, -0.2) is 9.80 Å². The maximum Gasteiger partial charge on any atom is 0.364 e. The van der Waals surface area contributed by atoms with E-state index >= 15 is 0 Å². The van der Waals surface area contributed by atoms with Crippen molar-refractivity contribution >= 4 is 35.6 Å². The van der Waals surface area contributed by atoms with Crippen LogP contribution >= 0.6 is 0 Å². The summed E-state index contributed by atoms with van der Waals surface area (Å²) in [4.78, 5) is 75.8. The van der Waals surface area contributed by atoms with E-state index in [0.29, 0.717) is 42.2 Å². The molecular formula is C21H38N8O7. The summed E-state index contributed by atoms with van der Waals surface area (Å²) in [6, 6.07) is -3.81. The number of imide groups is 1. The van der Waals surface area contributed by atoms with Gasteiger partial charge in [0.05, 0.1) is 6.04 Å². The average Bonchev–Trinajstić information content (AvgIpc) is 3.30. The standard InChI is InChI=1S/C21H38N8O7/c1-12(23)17(32)24-13(2)19(34)28-11-7-8-15(28)18(33)26-27(4)21(36)29(25-14(3)30)20(35)16(31)9-5-6-10-22/h12-13,15-16,31H,5-11,22-23H2,1-4H3,(H,24,32)(H,25,30)(H,26,33)/t12-,13-,15-,16?/m0/s1. The fourth-order valence-corrected chi connectivity index (χ4v) is 3.51. The van der Waals surface area contributed by atoms with Crippen molar-refractivity contribution in [1.29, 1.82) is 0 Å². The second kappa shape index (κ2) is 14.3. The number of hydrazine groups is 2. The van der Waals surface area contributed by atoms with E-state index in [1.54, 1.807) is 0 Å². The van der Waals surface area contributed by atoms with E-state index in [9.17, 15) is 33.9 Å². The molecule has 1 fully saturated rings. The van der Waals surface area contributed by atoms with Gasteiger partial charge in [-0.2, -0.15) is 5.01 Å². The number of urea groups is 1. The third-order valence-electron chi connectivity index (χ3n) is 5.44. The minimum Gasteiger partial charge on any atom is -0.383 e. The van der Waals surface area contributed by atoms with Crippen LogP contribution in [-0.4, -0.2) is 100.0 Å². The summed E-state index contributed by atoms with van der Waals surface area (Å²) < 4.78 is 0. The van der Waals surface area contributed by atoms with Gasteiger partial charge in [-0.1, -0.05) is 0 Å². The number of rotatable bonds is 9. The molecule has 1 aliphatic heterocycles. The summed E-state index contributed by atoms with van der Waals surface area (Å²) in [6.45, 7) is 4.64. The molecule has 1 saturated heterocycles. The lowest BCUT2D eigenvalue weighted by Gasteiger charge is -2.31. The van der Waals surface area contributed by atoms with Crippen LogP contribution in [0.3, 0.4) is 0 Å². The highest BCUT2D eigenvalue weighted by Crippen LogP contribution is 2.19. The molecule has 1 aliphatic rings. The van der Waals surface area contributed by atoms with E-state index in [-0.39, 0.29) is 13.0 Å². The Bertz CT molecular complexity index is 837. The molecule has 0 spiro atoms. The predicted molar refractivity (Wildman–Crippen MR) is 127 cm³/mol. The topological polar surface area (TPSA) is 220 Å². The zero-order valence-electron chi connectivity index (χ0n) is 21.2. The molecule has 15 nitrogen and oxygen atoms in total. The zero-order chi connectivity index (χ0) is 27.6. The maximum atomic E-state index is 12.9. The fraction of sp³-hybridized carbons (Fsp3) is 0.714. The Hall–Kier alpha value is -3.30. The third kappa shape index (κ3) is 8.73. The third-order valence-corrected chi connectivity index (χ3v) is 5.44. The lowest BCUT2D eigenvalue weighted by atomic mass is 10.1. The number of nitrogens with one attached hydrogen (secondary N) is 3. The molecule has 1 unspecified atom stereocenters. The first-order chi connectivity index (χ1) is 16.8. The molecule has 0 radical (unpaired) electrons. The molecule has 204 valence electrons. The van der Waals surface area contributed by atoms with Gasteiger partial charge in [0.15, 0.2) is 0 Å². The molecular weight excluding hydrogens is 476 g/mol. The lowest BCUT2D eigenvalue weighted by Crippen LogP contribution is -2.61. The number of nitrogens with zero attached hydrogens (tertiary/aromatic N) is 3. The highest BCUT2D eigenvalue weighted by molar-refractivity contribution is 5.99. The fourth-order valence-electron chi connectivity index (χ4n) is 3.51. The number of hydrogen-bond acceptors (Lipinski definition) is 9. The average molecular weight is 515 g/mol. The summed E-state index contributed by atoms with van der Waals surface area (Å²) in [6.07, 6.45) is 0.243. The number of carbonyl (C=O) groups excluding carboxylic acids is 6. The van der Waals surface area contributed by atoms with Gasteiger partial charge in [-0.15, -0.1) is 0 Å². The molecule has 1 rings (SSSR count). The largest absolute Gasteiger partial charge is 0.383 e. The number of aliphatic hydroxyl groups excluding tert-OH is 1. The van der Waals surface area contributed by atoms with Crippen LogP contribution in [-0.2, 0) is 24.0 Å². The highest BCUT2D eigenvalue weighted by atomic mass is 16.3. The molecule has 0 aromatic heterocycles. The molecule has 0 bridgehead atoms. The van der Waals surface area contributed by atoms with Crippen molar-refractivity contribution in [2.45, 2.75) is 77.1 Å². The summed E-state index contributed by atoms with van der Waals surface area (Å²) in [5.41, 5.74) is 15.3. The second-order valence-corrected chi connectivity index (χ2v) is 8.67. The summed E-state index contributed by atoms with van der Waals surface area (Å²) in [7, 11) is 1.15. The molecule has 4 atom stereocenters. The van der Waals surface area contributed by atoms with Gasteiger partial charge in [0.2, 0.25) is 17.7 Å². The normalized spacial score (nSPS) is 17.4. The van der Waals surface area contributed by atoms with E-state index in [4.69, 9.17) is 11.5 Å². The number of nitrogens with two attached hydrogens (primary N) is 2. The van der Waals surface area contributed by atoms with Crippen LogP contribution in [0.5, 0.6) is 0 Å². The lowest BCUT2D eigenvalue weighted by molar-refractivity contribution is -0.146. The van der Waals surface area contributed by atoms with Crippen LogP contribution in [0.15, 0.2) is 0 Å². The van der Waals surface area contributed by atoms with Crippen molar-refractivity contribution in [1.82, 2.24) is 31.1 Å². The first-order valence-electron chi connectivity index (χ1n) is 11.8. The predicted octanol–water partition coefficient (Wildman–Crippen LogP) is -2.72. The highest BCUT2D eigenvalue weighted by Gasteiger charge is 2.38. The molecule has 15 heteroatoms. The van der Waals surface area contributed by atoms with Gasteiger partial charge in [0.1, 0.15) is 18.2 Å². The summed E-state index contributed by atoms with van der Waals surface area (Å²) >= 11 is 0. The van der Waals surface area contributed by atoms with Gasteiger partial charge in [0, 0.05) is 20.5 Å². The van der Waals surface area contributed by atoms with Crippen LogP contribution in [0.2, 0.25) is 0 Å². The van der Waals surface area contributed by atoms with Crippen molar-refractivity contribution in [2.75, 3.05) is 20.1 Å². The Labute approximate surface area is 209 Å². The van der Waals surface area contributed by atoms with Crippen molar-refractivity contribution in [3.05, 3.63) is 0 Å². The Morgan fingerprint density at radius 1 is 1.11 bits per heavy atom. The Morgan fingerprint density at radius 2 is 1.75 bits per heavy atom. The summed E-state index contributed by atoms with van der Waals surface area (Å²) in [5, 5.41) is 13.6. The van der Waals surface area contributed by atoms with Gasteiger partial charge in [-0.3, -0.25) is 34.8 Å². The molecule has 0 aliphatic carbocycles. The maximum absolute atomic E-state index is 12.9. The number of hydrogen-bond donors (Lipinski definition) is 6. The number of amides is 7. The van der Waals surface area contributed by atoms with Gasteiger partial charge < -0.3 is 26.8 Å². The molecule has 0 saturated carbocycles. The Kier molecular flexibility index (Phi) is 12.2. The van der Waals surface area contributed by atoms with Gasteiger partial charge in [0.25, 0.3) is 11.8 Å². The molecule has 36 heavy (non-hydrogen) atoms. The SMILES string of the molecule is CC(=O)NN(C(=O)C(O)CCCCN)C(=O)N(C)NC(=O)[C@@H]1CCCN1C(=O)[C@H](C)NC(=O)[C@H](C)N. The first-order valence-corrected chi connectivity index (χ1v) is 11.8. The van der Waals surface area contributed by atoms with Gasteiger partial charge >= 0.3 is 6.03 Å². The van der Waals surface area contributed by atoms with Crippen LogP contribution in [0, 0.1) is 0 Å². The smallest absolute Gasteiger partial charge is 0.364 e. The van der Waals surface area contributed by atoms with E-state index in [0.717, 1.165) is 14.0 Å². The second-order valence-electron chi connectivity index (χ2n) is 8.67. The number of aliphatic hydroxyl groups is 1. The summed E-state index contributed by atoms with van der Waals surface area (Å²) in [5.74, 6) is -3.55. The Morgan fingerprint density at radius 3 is 2.31 bits per heavy atom. The Balaban J connectivity index is 2.88. The molecule has 1 heterocycles. The molecule has 8 N–H and O–H groups in total. The van der Waals surface area contributed by atoms with Crippen LogP contribution in [0.1, 0.15) is 52.9 Å². The van der Waals surface area contributed by atoms with E-state index in [1.807, 2.05) is 5.43 Å². The number of carbonyl (C=O) groups is 6. The van der Waals surface area contributed by atoms with Crippen molar-refractivity contribution in [2.24, 2.45) is 11.5 Å². The monoisotopic (exact) mass is 514 g/mol. The zero-order valence-corrected chi connectivity index (χ0v) is 21.2. The van der Waals surface area contributed by atoms with Crippen molar-refractivity contribution in [3.8, 4) is 0 Å². The first kappa shape index (κ1) is 30.7.